The van der Waals surface area contributed by atoms with Gasteiger partial charge in [0.05, 0.1) is 12.6 Å². The van der Waals surface area contributed by atoms with E-state index in [1.165, 1.54) is 7.11 Å². The van der Waals surface area contributed by atoms with Crippen LogP contribution in [0.2, 0.25) is 0 Å². The van der Waals surface area contributed by atoms with Gasteiger partial charge in [-0.3, -0.25) is 9.78 Å². The van der Waals surface area contributed by atoms with E-state index in [2.05, 4.69) is 25.9 Å². The van der Waals surface area contributed by atoms with Gasteiger partial charge in [0.2, 0.25) is 0 Å². The fourth-order valence-electron chi connectivity index (χ4n) is 1.39. The molecule has 0 saturated carbocycles. The minimum Gasteiger partial charge on any atom is -0.496 e. The molecule has 2 N–H and O–H groups in total. The number of hydrogen-bond donors (Lipinski definition) is 2. The molecule has 2 aromatic rings. The summed E-state index contributed by atoms with van der Waals surface area (Å²) in [5.74, 6) is 0.422. The van der Waals surface area contributed by atoms with E-state index in [-0.39, 0.29) is 0 Å². The van der Waals surface area contributed by atoms with Crippen LogP contribution in [0.25, 0.3) is 10.9 Å². The third-order valence-corrected chi connectivity index (χ3v) is 2.69. The second-order valence-corrected chi connectivity index (χ2v) is 3.76. The second kappa shape index (κ2) is 3.54. The largest absolute Gasteiger partial charge is 0.496 e. The SMILES string of the molecule is COc1ccc(Br)c2[nH]c(=O)[nH]c(=O)c12. The van der Waals surface area contributed by atoms with Crippen LogP contribution in [-0.2, 0) is 0 Å². The number of hydrogen-bond acceptors (Lipinski definition) is 3. The molecule has 0 saturated heterocycles. The Morgan fingerprint density at radius 1 is 1.27 bits per heavy atom. The van der Waals surface area contributed by atoms with Gasteiger partial charge in [-0.1, -0.05) is 0 Å². The van der Waals surface area contributed by atoms with E-state index in [0.717, 1.165) is 0 Å². The molecule has 0 aliphatic heterocycles. The lowest BCUT2D eigenvalue weighted by atomic mass is 10.2. The topological polar surface area (TPSA) is 75.0 Å². The van der Waals surface area contributed by atoms with Crippen molar-refractivity contribution in [2.75, 3.05) is 7.11 Å². The molecule has 1 aromatic heterocycles. The summed E-state index contributed by atoms with van der Waals surface area (Å²) in [6, 6.07) is 3.36. The Labute approximate surface area is 92.2 Å². The minimum absolute atomic E-state index is 0.325. The summed E-state index contributed by atoms with van der Waals surface area (Å²) in [6.45, 7) is 0. The number of methoxy groups -OCH3 is 1. The molecule has 1 heterocycles. The molecule has 0 spiro atoms. The van der Waals surface area contributed by atoms with E-state index in [0.29, 0.717) is 21.1 Å². The van der Waals surface area contributed by atoms with E-state index < -0.39 is 11.2 Å². The van der Waals surface area contributed by atoms with Gasteiger partial charge in [-0.15, -0.1) is 0 Å². The van der Waals surface area contributed by atoms with E-state index in [4.69, 9.17) is 4.74 Å². The van der Waals surface area contributed by atoms with Crippen molar-refractivity contribution in [3.05, 3.63) is 37.4 Å². The number of fused-ring (bicyclic) bond motifs is 1. The van der Waals surface area contributed by atoms with Crippen LogP contribution in [0.15, 0.2) is 26.2 Å². The average molecular weight is 271 g/mol. The Kier molecular flexibility index (Phi) is 2.36. The highest BCUT2D eigenvalue weighted by Gasteiger charge is 2.09. The highest BCUT2D eigenvalue weighted by Crippen LogP contribution is 2.26. The van der Waals surface area contributed by atoms with Crippen molar-refractivity contribution in [2.24, 2.45) is 0 Å². The van der Waals surface area contributed by atoms with Gasteiger partial charge >= 0.3 is 5.69 Å². The van der Waals surface area contributed by atoms with E-state index >= 15 is 0 Å². The van der Waals surface area contributed by atoms with Gasteiger partial charge in [0.25, 0.3) is 5.56 Å². The molecule has 0 atom stereocenters. The summed E-state index contributed by atoms with van der Waals surface area (Å²) in [4.78, 5) is 27.3. The highest BCUT2D eigenvalue weighted by atomic mass is 79.9. The van der Waals surface area contributed by atoms with Crippen LogP contribution < -0.4 is 16.0 Å². The first-order valence-corrected chi connectivity index (χ1v) is 4.91. The zero-order chi connectivity index (χ0) is 11.0. The molecule has 0 radical (unpaired) electrons. The molecule has 2 rings (SSSR count). The van der Waals surface area contributed by atoms with Crippen LogP contribution in [0.1, 0.15) is 0 Å². The summed E-state index contributed by atoms with van der Waals surface area (Å²) in [5.41, 5.74) is -0.573. The van der Waals surface area contributed by atoms with E-state index in [1.54, 1.807) is 12.1 Å². The quantitative estimate of drug-likeness (QED) is 0.812. The number of halogens is 1. The predicted molar refractivity (Wildman–Crippen MR) is 59.4 cm³/mol. The van der Waals surface area contributed by atoms with Crippen molar-refractivity contribution in [3.8, 4) is 5.75 Å². The Morgan fingerprint density at radius 3 is 2.67 bits per heavy atom. The van der Waals surface area contributed by atoms with Gasteiger partial charge in [0, 0.05) is 4.47 Å². The van der Waals surface area contributed by atoms with Crippen molar-refractivity contribution in [1.82, 2.24) is 9.97 Å². The van der Waals surface area contributed by atoms with Crippen molar-refractivity contribution >= 4 is 26.8 Å². The number of ether oxygens (including phenoxy) is 1. The summed E-state index contributed by atoms with van der Waals surface area (Å²) in [5, 5.41) is 0.325. The Balaban J connectivity index is 3.07. The zero-order valence-electron chi connectivity index (χ0n) is 7.76. The third kappa shape index (κ3) is 1.56. The molecule has 0 amide bonds. The molecule has 5 nitrogen and oxygen atoms in total. The van der Waals surface area contributed by atoms with Crippen LogP contribution in [-0.4, -0.2) is 17.1 Å². The normalized spacial score (nSPS) is 10.5. The zero-order valence-corrected chi connectivity index (χ0v) is 9.34. The number of rotatable bonds is 1. The van der Waals surface area contributed by atoms with Gasteiger partial charge in [0.1, 0.15) is 11.1 Å². The van der Waals surface area contributed by atoms with Gasteiger partial charge in [-0.05, 0) is 28.1 Å². The predicted octanol–water partition coefficient (Wildman–Crippen LogP) is 0.987. The highest BCUT2D eigenvalue weighted by molar-refractivity contribution is 9.10. The van der Waals surface area contributed by atoms with Gasteiger partial charge in [0.15, 0.2) is 0 Å². The van der Waals surface area contributed by atoms with Crippen molar-refractivity contribution < 1.29 is 4.74 Å². The summed E-state index contributed by atoms with van der Waals surface area (Å²) in [7, 11) is 1.47. The van der Waals surface area contributed by atoms with Crippen molar-refractivity contribution in [3.63, 3.8) is 0 Å². The molecule has 0 unspecified atom stereocenters. The molecule has 15 heavy (non-hydrogen) atoms. The lowest BCUT2D eigenvalue weighted by Gasteiger charge is -2.04. The van der Waals surface area contributed by atoms with Crippen molar-refractivity contribution in [2.45, 2.75) is 0 Å². The molecule has 0 aliphatic rings. The first-order valence-electron chi connectivity index (χ1n) is 4.12. The van der Waals surface area contributed by atoms with E-state index in [9.17, 15) is 9.59 Å². The van der Waals surface area contributed by atoms with Crippen LogP contribution in [0.5, 0.6) is 5.75 Å². The van der Waals surface area contributed by atoms with Gasteiger partial charge in [-0.25, -0.2) is 4.79 Å². The van der Waals surface area contributed by atoms with Gasteiger partial charge < -0.3 is 9.72 Å². The number of H-pyrrole nitrogens is 2. The number of aromatic amines is 2. The third-order valence-electron chi connectivity index (χ3n) is 2.03. The molecule has 78 valence electrons. The number of nitrogens with one attached hydrogen (secondary N) is 2. The van der Waals surface area contributed by atoms with Crippen LogP contribution in [0.3, 0.4) is 0 Å². The summed E-state index contributed by atoms with van der Waals surface area (Å²) >= 11 is 3.25. The standard InChI is InChI=1S/C9H7BrN2O3/c1-15-5-3-2-4(10)7-6(5)8(13)12-9(14)11-7/h2-3H,1H3,(H2,11,12,13,14). The molecule has 1 aromatic carbocycles. The monoisotopic (exact) mass is 270 g/mol. The van der Waals surface area contributed by atoms with Crippen LogP contribution in [0.4, 0.5) is 0 Å². The second-order valence-electron chi connectivity index (χ2n) is 2.91. The smallest absolute Gasteiger partial charge is 0.326 e. The minimum atomic E-state index is -0.540. The van der Waals surface area contributed by atoms with Crippen LogP contribution >= 0.6 is 15.9 Å². The maximum Gasteiger partial charge on any atom is 0.326 e. The maximum absolute atomic E-state index is 11.6. The van der Waals surface area contributed by atoms with Gasteiger partial charge in [-0.2, -0.15) is 0 Å². The molecule has 0 aliphatic carbocycles. The Hall–Kier alpha value is -1.56. The fourth-order valence-corrected chi connectivity index (χ4v) is 1.82. The Morgan fingerprint density at radius 2 is 2.00 bits per heavy atom. The first kappa shape index (κ1) is 9.97. The number of benzene rings is 1. The molecule has 6 heteroatoms. The first-order chi connectivity index (χ1) is 7.13. The summed E-state index contributed by atoms with van der Waals surface area (Å²) in [6.07, 6.45) is 0. The molecular formula is C9H7BrN2O3. The van der Waals surface area contributed by atoms with Crippen molar-refractivity contribution in [1.29, 1.82) is 0 Å². The molecular weight excluding hydrogens is 264 g/mol. The molecule has 0 fully saturated rings. The fraction of sp³-hybridized carbons (Fsp3) is 0.111. The van der Waals surface area contributed by atoms with E-state index in [1.807, 2.05) is 0 Å². The average Bonchev–Trinajstić information content (AvgIpc) is 2.19. The number of aromatic nitrogens is 2. The van der Waals surface area contributed by atoms with Crippen LogP contribution in [0, 0.1) is 0 Å². The lowest BCUT2D eigenvalue weighted by Crippen LogP contribution is -2.22. The summed E-state index contributed by atoms with van der Waals surface area (Å²) < 4.78 is 5.68. The lowest BCUT2D eigenvalue weighted by molar-refractivity contribution is 0.419. The molecule has 0 bridgehead atoms. The Bertz CT molecular complexity index is 629. The maximum atomic E-state index is 11.6.